The summed E-state index contributed by atoms with van der Waals surface area (Å²) in [6, 6.07) is 2.66. The highest BCUT2D eigenvalue weighted by Gasteiger charge is 2.35. The first-order valence-corrected chi connectivity index (χ1v) is 6.16. The van der Waals surface area contributed by atoms with Crippen molar-refractivity contribution in [1.29, 1.82) is 0 Å². The van der Waals surface area contributed by atoms with Gasteiger partial charge in [0, 0.05) is 0 Å². The first-order chi connectivity index (χ1) is 10.3. The second-order valence-electron chi connectivity index (χ2n) is 4.23. The van der Waals surface area contributed by atoms with Crippen LogP contribution >= 0.6 is 0 Å². The van der Waals surface area contributed by atoms with Crippen molar-refractivity contribution < 1.29 is 32.6 Å². The number of carbonyl (C=O) groups excluding carboxylic acids is 1. The molecular formula is C14H14F3NO4. The number of halogens is 3. The summed E-state index contributed by atoms with van der Waals surface area (Å²) in [5.41, 5.74) is -1.78. The number of amides is 1. The van der Waals surface area contributed by atoms with Crippen molar-refractivity contribution in [3.05, 3.63) is 48.0 Å². The van der Waals surface area contributed by atoms with E-state index in [1.807, 2.05) is 5.32 Å². The fourth-order valence-corrected chi connectivity index (χ4v) is 1.61. The number of carboxylic acids is 1. The highest BCUT2D eigenvalue weighted by molar-refractivity contribution is 5.98. The van der Waals surface area contributed by atoms with Crippen LogP contribution < -0.4 is 5.32 Å². The Labute approximate surface area is 124 Å². The van der Waals surface area contributed by atoms with Crippen LogP contribution in [0.4, 0.5) is 13.2 Å². The lowest BCUT2D eigenvalue weighted by Crippen LogP contribution is -2.44. The van der Waals surface area contributed by atoms with Crippen molar-refractivity contribution in [3.8, 4) is 0 Å². The molecule has 5 nitrogen and oxygen atoms in total. The van der Waals surface area contributed by atoms with E-state index >= 15 is 0 Å². The Balaban J connectivity index is 2.91. The van der Waals surface area contributed by atoms with Gasteiger partial charge in [-0.15, -0.1) is 6.58 Å². The first kappa shape index (κ1) is 17.7. The zero-order chi connectivity index (χ0) is 16.8. The summed E-state index contributed by atoms with van der Waals surface area (Å²) >= 11 is 0. The zero-order valence-corrected chi connectivity index (χ0v) is 11.4. The molecule has 0 radical (unpaired) electrons. The van der Waals surface area contributed by atoms with Gasteiger partial charge >= 0.3 is 12.1 Å². The summed E-state index contributed by atoms with van der Waals surface area (Å²) in [6.45, 7) is 3.03. The van der Waals surface area contributed by atoms with Gasteiger partial charge in [0.15, 0.2) is 6.04 Å². The Hall–Kier alpha value is -2.35. The molecule has 0 aliphatic carbocycles. The molecule has 2 N–H and O–H groups in total. The average molecular weight is 317 g/mol. The predicted molar refractivity (Wildman–Crippen MR) is 71.4 cm³/mol. The highest BCUT2D eigenvalue weighted by Crippen LogP contribution is 2.31. The summed E-state index contributed by atoms with van der Waals surface area (Å²) in [5, 5.41) is 11.0. The number of rotatable bonds is 7. The minimum atomic E-state index is -4.72. The van der Waals surface area contributed by atoms with E-state index in [-0.39, 0.29) is 13.2 Å². The van der Waals surface area contributed by atoms with E-state index in [0.717, 1.165) is 18.2 Å². The van der Waals surface area contributed by atoms with Gasteiger partial charge in [-0.3, -0.25) is 4.79 Å². The molecule has 1 aromatic carbocycles. The number of benzene rings is 1. The molecule has 0 saturated heterocycles. The summed E-state index contributed by atoms with van der Waals surface area (Å²) in [7, 11) is 0. The van der Waals surface area contributed by atoms with Gasteiger partial charge in [0.2, 0.25) is 0 Å². The smallest absolute Gasteiger partial charge is 0.417 e. The van der Waals surface area contributed by atoms with Crippen LogP contribution in [0.5, 0.6) is 0 Å². The van der Waals surface area contributed by atoms with Gasteiger partial charge in [-0.1, -0.05) is 18.2 Å². The van der Waals surface area contributed by atoms with Crippen molar-refractivity contribution in [2.24, 2.45) is 0 Å². The molecule has 8 heteroatoms. The van der Waals surface area contributed by atoms with Crippen LogP contribution in [-0.4, -0.2) is 36.2 Å². The maximum atomic E-state index is 12.8. The lowest BCUT2D eigenvalue weighted by molar-refractivity contribution is -0.140. The third kappa shape index (κ3) is 4.88. The Morgan fingerprint density at radius 2 is 2.00 bits per heavy atom. The molecule has 1 unspecified atom stereocenters. The van der Waals surface area contributed by atoms with Gasteiger partial charge < -0.3 is 15.2 Å². The van der Waals surface area contributed by atoms with Crippen molar-refractivity contribution >= 4 is 11.9 Å². The molecule has 1 amide bonds. The molecule has 0 aliphatic rings. The molecule has 0 bridgehead atoms. The fourth-order valence-electron chi connectivity index (χ4n) is 1.61. The SMILES string of the molecule is C=CCOCC(NC(=O)c1ccccc1C(F)(F)F)C(=O)O. The lowest BCUT2D eigenvalue weighted by Gasteiger charge is -2.16. The van der Waals surface area contributed by atoms with Gasteiger partial charge in [-0.25, -0.2) is 4.79 Å². The van der Waals surface area contributed by atoms with Gasteiger partial charge in [0.1, 0.15) is 0 Å². The van der Waals surface area contributed by atoms with E-state index in [1.54, 1.807) is 0 Å². The topological polar surface area (TPSA) is 75.6 Å². The molecule has 0 heterocycles. The van der Waals surface area contributed by atoms with Crippen molar-refractivity contribution in [2.45, 2.75) is 12.2 Å². The fraction of sp³-hybridized carbons (Fsp3) is 0.286. The number of carbonyl (C=O) groups is 2. The van der Waals surface area contributed by atoms with E-state index in [1.165, 1.54) is 12.1 Å². The van der Waals surface area contributed by atoms with Crippen LogP contribution in [0.15, 0.2) is 36.9 Å². The first-order valence-electron chi connectivity index (χ1n) is 6.16. The molecule has 1 rings (SSSR count). The monoisotopic (exact) mass is 317 g/mol. The van der Waals surface area contributed by atoms with Crippen molar-refractivity contribution in [1.82, 2.24) is 5.32 Å². The quantitative estimate of drug-likeness (QED) is 0.596. The van der Waals surface area contributed by atoms with Crippen LogP contribution in [0.1, 0.15) is 15.9 Å². The summed E-state index contributed by atoms with van der Waals surface area (Å²) in [5.74, 6) is -2.55. The molecule has 22 heavy (non-hydrogen) atoms. The third-order valence-corrected chi connectivity index (χ3v) is 2.60. The zero-order valence-electron chi connectivity index (χ0n) is 11.4. The third-order valence-electron chi connectivity index (χ3n) is 2.60. The second kappa shape index (κ2) is 7.60. The Morgan fingerprint density at radius 1 is 1.36 bits per heavy atom. The number of hydrogen-bond donors (Lipinski definition) is 2. The summed E-state index contributed by atoms with van der Waals surface area (Å²) in [4.78, 5) is 22.9. The largest absolute Gasteiger partial charge is 0.480 e. The van der Waals surface area contributed by atoms with Crippen LogP contribution in [0.2, 0.25) is 0 Å². The lowest BCUT2D eigenvalue weighted by atomic mass is 10.1. The minimum Gasteiger partial charge on any atom is -0.480 e. The van der Waals surface area contributed by atoms with E-state index in [2.05, 4.69) is 6.58 Å². The van der Waals surface area contributed by atoms with Crippen LogP contribution in [0.25, 0.3) is 0 Å². The number of nitrogens with one attached hydrogen (secondary N) is 1. The second-order valence-corrected chi connectivity index (χ2v) is 4.23. The molecule has 0 aromatic heterocycles. The van der Waals surface area contributed by atoms with Crippen LogP contribution in [-0.2, 0) is 15.7 Å². The summed E-state index contributed by atoms with van der Waals surface area (Å²) < 4.78 is 43.4. The standard InChI is InChI=1S/C14H14F3NO4/c1-2-7-22-8-11(13(20)21)18-12(19)9-5-3-4-6-10(9)14(15,16)17/h2-6,11H,1,7-8H2,(H,18,19)(H,20,21). The number of alkyl halides is 3. The maximum Gasteiger partial charge on any atom is 0.417 e. The molecule has 0 aliphatic heterocycles. The summed E-state index contributed by atoms with van der Waals surface area (Å²) in [6.07, 6.45) is -3.34. The Kier molecular flexibility index (Phi) is 6.11. The normalized spacial score (nSPS) is 12.5. The Morgan fingerprint density at radius 3 is 2.55 bits per heavy atom. The Bertz CT molecular complexity index is 557. The van der Waals surface area contributed by atoms with Gasteiger partial charge in [0.25, 0.3) is 5.91 Å². The van der Waals surface area contributed by atoms with Gasteiger partial charge in [0.05, 0.1) is 24.3 Å². The molecule has 1 aromatic rings. The van der Waals surface area contributed by atoms with Gasteiger partial charge in [-0.2, -0.15) is 13.2 Å². The number of aliphatic carboxylic acids is 1. The highest BCUT2D eigenvalue weighted by atomic mass is 19.4. The minimum absolute atomic E-state index is 0.0544. The molecule has 120 valence electrons. The van der Waals surface area contributed by atoms with Crippen LogP contribution in [0, 0.1) is 0 Å². The van der Waals surface area contributed by atoms with Gasteiger partial charge in [-0.05, 0) is 12.1 Å². The van der Waals surface area contributed by atoms with Crippen molar-refractivity contribution in [2.75, 3.05) is 13.2 Å². The molecular weight excluding hydrogens is 303 g/mol. The van der Waals surface area contributed by atoms with E-state index < -0.39 is 35.2 Å². The van der Waals surface area contributed by atoms with Crippen molar-refractivity contribution in [3.63, 3.8) is 0 Å². The van der Waals surface area contributed by atoms with Crippen LogP contribution in [0.3, 0.4) is 0 Å². The number of carboxylic acid groups (broad SMARTS) is 1. The van der Waals surface area contributed by atoms with E-state index in [0.29, 0.717) is 0 Å². The average Bonchev–Trinajstić information content (AvgIpc) is 2.45. The number of hydrogen-bond acceptors (Lipinski definition) is 3. The number of ether oxygens (including phenoxy) is 1. The molecule has 0 saturated carbocycles. The maximum absolute atomic E-state index is 12.8. The van der Waals surface area contributed by atoms with E-state index in [9.17, 15) is 22.8 Å². The molecule has 0 spiro atoms. The molecule has 0 fully saturated rings. The molecule has 1 atom stereocenters. The van der Waals surface area contributed by atoms with E-state index in [4.69, 9.17) is 9.84 Å². The predicted octanol–water partition coefficient (Wildman–Crippen LogP) is 2.09.